The molecule has 1 N–H and O–H groups in total. The van der Waals surface area contributed by atoms with Crippen molar-refractivity contribution in [1.29, 1.82) is 0 Å². The molecule has 1 amide bonds. The van der Waals surface area contributed by atoms with Gasteiger partial charge in [-0.15, -0.1) is 0 Å². The molecule has 0 aliphatic heterocycles. The van der Waals surface area contributed by atoms with Gasteiger partial charge < -0.3 is 19.5 Å². The fourth-order valence-corrected chi connectivity index (χ4v) is 2.44. The molecule has 0 spiro atoms. The van der Waals surface area contributed by atoms with Crippen molar-refractivity contribution < 1.29 is 23.8 Å². The van der Waals surface area contributed by atoms with Gasteiger partial charge in [-0.25, -0.2) is 4.79 Å². The SMILES string of the molecule is COc1ccc(C(=O)O[C@@H](C)C(=O)Nc2ccc(C(C)C)cc2)cc1OC. The molecule has 2 rings (SSSR count). The number of carbonyl (C=O) groups is 2. The minimum absolute atomic E-state index is 0.272. The van der Waals surface area contributed by atoms with Crippen molar-refractivity contribution in [2.24, 2.45) is 0 Å². The number of nitrogens with one attached hydrogen (secondary N) is 1. The Bertz CT molecular complexity index is 799. The van der Waals surface area contributed by atoms with Crippen molar-refractivity contribution in [3.8, 4) is 11.5 Å². The lowest BCUT2D eigenvalue weighted by Crippen LogP contribution is -2.30. The summed E-state index contributed by atoms with van der Waals surface area (Å²) in [5.41, 5.74) is 2.10. The minimum Gasteiger partial charge on any atom is -0.493 e. The van der Waals surface area contributed by atoms with Crippen LogP contribution >= 0.6 is 0 Å². The lowest BCUT2D eigenvalue weighted by atomic mass is 10.0. The lowest BCUT2D eigenvalue weighted by molar-refractivity contribution is -0.123. The Morgan fingerprint density at radius 3 is 2.07 bits per heavy atom. The van der Waals surface area contributed by atoms with Crippen LogP contribution < -0.4 is 14.8 Å². The zero-order valence-electron chi connectivity index (χ0n) is 16.2. The molecule has 6 heteroatoms. The second kappa shape index (κ2) is 9.07. The van der Waals surface area contributed by atoms with Gasteiger partial charge in [-0.3, -0.25) is 4.79 Å². The smallest absolute Gasteiger partial charge is 0.339 e. The molecule has 27 heavy (non-hydrogen) atoms. The van der Waals surface area contributed by atoms with Crippen molar-refractivity contribution in [3.63, 3.8) is 0 Å². The van der Waals surface area contributed by atoms with Gasteiger partial charge in [-0.2, -0.15) is 0 Å². The molecule has 0 saturated heterocycles. The van der Waals surface area contributed by atoms with E-state index in [2.05, 4.69) is 19.2 Å². The summed E-state index contributed by atoms with van der Waals surface area (Å²) in [6, 6.07) is 12.2. The Hall–Kier alpha value is -3.02. The van der Waals surface area contributed by atoms with E-state index in [0.29, 0.717) is 23.1 Å². The molecule has 2 aromatic rings. The molecule has 6 nitrogen and oxygen atoms in total. The fraction of sp³-hybridized carbons (Fsp3) is 0.333. The van der Waals surface area contributed by atoms with Crippen molar-refractivity contribution in [1.82, 2.24) is 0 Å². The maximum absolute atomic E-state index is 12.3. The van der Waals surface area contributed by atoms with Gasteiger partial charge in [0.2, 0.25) is 0 Å². The normalized spacial score (nSPS) is 11.6. The summed E-state index contributed by atoms with van der Waals surface area (Å²) in [5.74, 6) is 0.310. The molecule has 2 aromatic carbocycles. The number of anilines is 1. The van der Waals surface area contributed by atoms with Crippen LogP contribution in [0.5, 0.6) is 11.5 Å². The van der Waals surface area contributed by atoms with Crippen molar-refractivity contribution in [2.45, 2.75) is 32.8 Å². The van der Waals surface area contributed by atoms with E-state index >= 15 is 0 Å². The van der Waals surface area contributed by atoms with Gasteiger partial charge in [-0.05, 0) is 48.7 Å². The Kier molecular flexibility index (Phi) is 6.82. The number of methoxy groups -OCH3 is 2. The minimum atomic E-state index is -0.949. The predicted octanol–water partition coefficient (Wildman–Crippen LogP) is 4.01. The quantitative estimate of drug-likeness (QED) is 0.745. The molecule has 0 bridgehead atoms. The summed E-state index contributed by atoms with van der Waals surface area (Å²) in [6.07, 6.45) is -0.949. The summed E-state index contributed by atoms with van der Waals surface area (Å²) in [5, 5.41) is 2.74. The van der Waals surface area contributed by atoms with Gasteiger partial charge >= 0.3 is 5.97 Å². The van der Waals surface area contributed by atoms with Crippen LogP contribution in [0.15, 0.2) is 42.5 Å². The van der Waals surface area contributed by atoms with Gasteiger partial charge in [0.1, 0.15) is 0 Å². The molecule has 144 valence electrons. The average Bonchev–Trinajstić information content (AvgIpc) is 2.67. The second-order valence-corrected chi connectivity index (χ2v) is 6.38. The summed E-state index contributed by atoms with van der Waals surface area (Å²) in [7, 11) is 2.99. The van der Waals surface area contributed by atoms with E-state index in [-0.39, 0.29) is 5.56 Å². The lowest BCUT2D eigenvalue weighted by Gasteiger charge is -2.15. The number of benzene rings is 2. The van der Waals surface area contributed by atoms with Gasteiger partial charge in [0.25, 0.3) is 5.91 Å². The number of rotatable bonds is 7. The third-order valence-electron chi connectivity index (χ3n) is 4.12. The van der Waals surface area contributed by atoms with E-state index in [1.807, 2.05) is 24.3 Å². The van der Waals surface area contributed by atoms with Crippen LogP contribution in [0, 0.1) is 0 Å². The monoisotopic (exact) mass is 371 g/mol. The first-order valence-electron chi connectivity index (χ1n) is 8.69. The van der Waals surface area contributed by atoms with Crippen LogP contribution in [0.1, 0.15) is 42.6 Å². The molecule has 0 unspecified atom stereocenters. The molecule has 0 saturated carbocycles. The van der Waals surface area contributed by atoms with Crippen LogP contribution in [-0.4, -0.2) is 32.2 Å². The summed E-state index contributed by atoms with van der Waals surface area (Å²) in [4.78, 5) is 24.6. The highest BCUT2D eigenvalue weighted by atomic mass is 16.5. The first-order chi connectivity index (χ1) is 12.8. The number of hydrogen-bond acceptors (Lipinski definition) is 5. The standard InChI is InChI=1S/C21H25NO5/c1-13(2)15-6-9-17(10-7-15)22-20(23)14(3)27-21(24)16-8-11-18(25-4)19(12-16)26-5/h6-14H,1-5H3,(H,22,23)/t14-/m0/s1. The topological polar surface area (TPSA) is 73.9 Å². The van der Waals surface area contributed by atoms with Crippen LogP contribution in [0.3, 0.4) is 0 Å². The van der Waals surface area contributed by atoms with Gasteiger partial charge in [0.05, 0.1) is 19.8 Å². The summed E-state index contributed by atoms with van der Waals surface area (Å²) < 4.78 is 15.6. The highest BCUT2D eigenvalue weighted by molar-refractivity contribution is 5.97. The Balaban J connectivity index is 2.00. The zero-order valence-corrected chi connectivity index (χ0v) is 16.2. The molecule has 0 aromatic heterocycles. The Morgan fingerprint density at radius 2 is 1.52 bits per heavy atom. The maximum atomic E-state index is 12.3. The van der Waals surface area contributed by atoms with Crippen LogP contribution in [0.2, 0.25) is 0 Å². The molecule has 1 atom stereocenters. The summed E-state index contributed by atoms with van der Waals surface area (Å²) >= 11 is 0. The van der Waals surface area contributed by atoms with Crippen LogP contribution in [0.25, 0.3) is 0 Å². The first kappa shape index (κ1) is 20.3. The molecular formula is C21H25NO5. The number of hydrogen-bond donors (Lipinski definition) is 1. The molecule has 0 aliphatic rings. The third kappa shape index (κ3) is 5.23. The summed E-state index contributed by atoms with van der Waals surface area (Å²) in [6.45, 7) is 5.73. The highest BCUT2D eigenvalue weighted by Crippen LogP contribution is 2.28. The Labute approximate surface area is 159 Å². The predicted molar refractivity (Wildman–Crippen MR) is 104 cm³/mol. The average molecular weight is 371 g/mol. The Morgan fingerprint density at radius 1 is 0.889 bits per heavy atom. The number of carbonyl (C=O) groups excluding carboxylic acids is 2. The van der Waals surface area contributed by atoms with Gasteiger partial charge in [-0.1, -0.05) is 26.0 Å². The van der Waals surface area contributed by atoms with Crippen LogP contribution in [0.4, 0.5) is 5.69 Å². The van der Waals surface area contributed by atoms with E-state index in [1.54, 1.807) is 12.1 Å². The molecule has 0 aliphatic carbocycles. The number of ether oxygens (including phenoxy) is 3. The van der Waals surface area contributed by atoms with E-state index in [4.69, 9.17) is 14.2 Å². The second-order valence-electron chi connectivity index (χ2n) is 6.38. The molecular weight excluding hydrogens is 346 g/mol. The van der Waals surface area contributed by atoms with Crippen molar-refractivity contribution >= 4 is 17.6 Å². The van der Waals surface area contributed by atoms with E-state index in [0.717, 1.165) is 0 Å². The molecule has 0 fully saturated rings. The van der Waals surface area contributed by atoms with Crippen LogP contribution in [-0.2, 0) is 9.53 Å². The van der Waals surface area contributed by atoms with E-state index < -0.39 is 18.0 Å². The number of amides is 1. The maximum Gasteiger partial charge on any atom is 0.339 e. The van der Waals surface area contributed by atoms with Crippen molar-refractivity contribution in [3.05, 3.63) is 53.6 Å². The van der Waals surface area contributed by atoms with Gasteiger partial charge in [0, 0.05) is 5.69 Å². The zero-order chi connectivity index (χ0) is 20.0. The highest BCUT2D eigenvalue weighted by Gasteiger charge is 2.20. The van der Waals surface area contributed by atoms with E-state index in [9.17, 15) is 9.59 Å². The fourth-order valence-electron chi connectivity index (χ4n) is 2.44. The molecule has 0 radical (unpaired) electrons. The first-order valence-corrected chi connectivity index (χ1v) is 8.69. The van der Waals surface area contributed by atoms with Crippen molar-refractivity contribution in [2.75, 3.05) is 19.5 Å². The molecule has 0 heterocycles. The number of esters is 1. The largest absolute Gasteiger partial charge is 0.493 e. The third-order valence-corrected chi connectivity index (χ3v) is 4.12. The van der Waals surface area contributed by atoms with E-state index in [1.165, 1.54) is 32.8 Å². The van der Waals surface area contributed by atoms with Gasteiger partial charge in [0.15, 0.2) is 17.6 Å².